The molecule has 1 aliphatic rings. The van der Waals surface area contributed by atoms with E-state index in [1.165, 1.54) is 12.1 Å². The van der Waals surface area contributed by atoms with Crippen molar-refractivity contribution in [2.75, 3.05) is 16.8 Å². The van der Waals surface area contributed by atoms with E-state index in [1.54, 1.807) is 47.4 Å². The minimum atomic E-state index is -3.56. The van der Waals surface area contributed by atoms with E-state index >= 15 is 0 Å². The summed E-state index contributed by atoms with van der Waals surface area (Å²) in [5.41, 5.74) is 0.675. The molecule has 1 fully saturated rings. The Hall–Kier alpha value is -2.82. The van der Waals surface area contributed by atoms with Crippen LogP contribution in [0.1, 0.15) is 11.4 Å². The molecule has 2 heterocycles. The Morgan fingerprint density at radius 2 is 1.84 bits per heavy atom. The third-order valence-electron chi connectivity index (χ3n) is 4.75. The van der Waals surface area contributed by atoms with Crippen molar-refractivity contribution in [3.63, 3.8) is 0 Å². The van der Waals surface area contributed by atoms with E-state index < -0.39 is 15.8 Å². The van der Waals surface area contributed by atoms with Gasteiger partial charge in [0, 0.05) is 23.7 Å². The zero-order valence-corrected chi connectivity index (χ0v) is 18.5. The van der Waals surface area contributed by atoms with Crippen molar-refractivity contribution in [1.29, 1.82) is 0 Å². The summed E-state index contributed by atoms with van der Waals surface area (Å²) < 4.78 is 24.9. The van der Waals surface area contributed by atoms with Crippen molar-refractivity contribution in [1.82, 2.24) is 10.2 Å². The van der Waals surface area contributed by atoms with Crippen molar-refractivity contribution in [3.05, 3.63) is 64.6 Å². The molecule has 0 bridgehead atoms. The predicted octanol–water partition coefficient (Wildman–Crippen LogP) is 3.16. The first kappa shape index (κ1) is 21.4. The summed E-state index contributed by atoms with van der Waals surface area (Å²) in [4.78, 5) is 26.7. The van der Waals surface area contributed by atoms with Gasteiger partial charge in [-0.1, -0.05) is 41.1 Å². The molecule has 4 rings (SSSR count). The molecule has 2 amide bonds. The van der Waals surface area contributed by atoms with Crippen molar-refractivity contribution in [2.45, 2.75) is 17.1 Å². The summed E-state index contributed by atoms with van der Waals surface area (Å²) in [5, 5.41) is 11.4. The highest BCUT2D eigenvalue weighted by atomic mass is 35.5. The topological polar surface area (TPSA) is 109 Å². The van der Waals surface area contributed by atoms with Crippen LogP contribution >= 0.6 is 22.9 Å². The first-order valence-corrected chi connectivity index (χ1v) is 12.1. The second-order valence-electron chi connectivity index (χ2n) is 6.94. The van der Waals surface area contributed by atoms with Crippen LogP contribution in [0.5, 0.6) is 0 Å². The van der Waals surface area contributed by atoms with E-state index in [1.807, 2.05) is 0 Å². The van der Waals surface area contributed by atoms with Gasteiger partial charge in [-0.05, 0) is 36.4 Å². The van der Waals surface area contributed by atoms with Crippen molar-refractivity contribution < 1.29 is 18.0 Å². The Morgan fingerprint density at radius 3 is 2.55 bits per heavy atom. The molecule has 160 valence electrons. The summed E-state index contributed by atoms with van der Waals surface area (Å²) in [7, 11) is -3.56. The summed E-state index contributed by atoms with van der Waals surface area (Å²) in [5.74, 6) is -1.38. The van der Waals surface area contributed by atoms with Crippen molar-refractivity contribution in [3.8, 4) is 0 Å². The Kier molecular flexibility index (Phi) is 6.03. The second kappa shape index (κ2) is 8.74. The first-order valence-electron chi connectivity index (χ1n) is 9.29. The van der Waals surface area contributed by atoms with Gasteiger partial charge in [0.1, 0.15) is 10.8 Å². The highest BCUT2D eigenvalue weighted by Crippen LogP contribution is 2.28. The lowest BCUT2D eigenvalue weighted by atomic mass is 10.1. The molecule has 0 saturated carbocycles. The number of carbonyl (C=O) groups excluding carboxylic acids is 2. The molecule has 0 aliphatic carbocycles. The molecule has 1 aliphatic heterocycles. The quantitative estimate of drug-likeness (QED) is 0.585. The third-order valence-corrected chi connectivity index (χ3v) is 7.66. The molecule has 2 aromatic carbocycles. The molecular formula is C20H17ClN4O4S2. The molecule has 1 saturated heterocycles. The summed E-state index contributed by atoms with van der Waals surface area (Å²) in [6.45, 7) is 0.236. The van der Waals surface area contributed by atoms with Gasteiger partial charge in [0.15, 0.2) is 9.84 Å². The molecule has 31 heavy (non-hydrogen) atoms. The normalized spacial score (nSPS) is 16.5. The van der Waals surface area contributed by atoms with Gasteiger partial charge in [-0.15, -0.1) is 10.2 Å². The van der Waals surface area contributed by atoms with E-state index in [2.05, 4.69) is 15.5 Å². The number of benzene rings is 2. The minimum Gasteiger partial charge on any atom is -0.312 e. The number of hydrogen-bond donors (Lipinski definition) is 1. The van der Waals surface area contributed by atoms with Crippen molar-refractivity contribution in [2.24, 2.45) is 5.92 Å². The Bertz CT molecular complexity index is 1210. The lowest BCUT2D eigenvalue weighted by molar-refractivity contribution is -0.122. The fraction of sp³-hybridized carbons (Fsp3) is 0.200. The molecule has 3 aromatic rings. The summed E-state index contributed by atoms with van der Waals surface area (Å²) >= 11 is 6.88. The Balaban J connectivity index is 1.39. The van der Waals surface area contributed by atoms with Gasteiger partial charge in [0.25, 0.3) is 0 Å². The molecular weight excluding hydrogens is 460 g/mol. The van der Waals surface area contributed by atoms with Crippen LogP contribution in [0.15, 0.2) is 59.5 Å². The van der Waals surface area contributed by atoms with E-state index in [9.17, 15) is 18.0 Å². The van der Waals surface area contributed by atoms with Crippen LogP contribution in [0.2, 0.25) is 5.02 Å². The number of aromatic nitrogens is 2. The van der Waals surface area contributed by atoms with Crippen LogP contribution in [0.3, 0.4) is 0 Å². The van der Waals surface area contributed by atoms with Crippen LogP contribution < -0.4 is 10.2 Å². The summed E-state index contributed by atoms with van der Waals surface area (Å²) in [6, 6.07) is 14.9. The van der Waals surface area contributed by atoms with Gasteiger partial charge < -0.3 is 10.2 Å². The lowest BCUT2D eigenvalue weighted by Gasteiger charge is -2.16. The maximum absolute atomic E-state index is 12.6. The molecule has 1 N–H and O–H groups in total. The van der Waals surface area contributed by atoms with E-state index in [4.69, 9.17) is 11.6 Å². The van der Waals surface area contributed by atoms with Crippen LogP contribution in [0.4, 0.5) is 10.8 Å². The number of hydrogen-bond acceptors (Lipinski definition) is 7. The van der Waals surface area contributed by atoms with Crippen LogP contribution in [-0.2, 0) is 25.2 Å². The van der Waals surface area contributed by atoms with E-state index in [-0.39, 0.29) is 45.6 Å². The zero-order valence-electron chi connectivity index (χ0n) is 16.1. The smallest absolute Gasteiger partial charge is 0.231 e. The largest absolute Gasteiger partial charge is 0.312 e. The number of carbonyl (C=O) groups is 2. The molecule has 0 radical (unpaired) electrons. The van der Waals surface area contributed by atoms with Gasteiger partial charge in [0.2, 0.25) is 16.9 Å². The van der Waals surface area contributed by atoms with Crippen LogP contribution in [0, 0.1) is 5.92 Å². The highest BCUT2D eigenvalue weighted by molar-refractivity contribution is 7.90. The number of amides is 2. The van der Waals surface area contributed by atoms with Crippen LogP contribution in [-0.4, -0.2) is 37.0 Å². The Morgan fingerprint density at radius 1 is 1.13 bits per heavy atom. The fourth-order valence-electron chi connectivity index (χ4n) is 3.20. The zero-order chi connectivity index (χ0) is 22.0. The fourth-order valence-corrected chi connectivity index (χ4v) is 5.68. The number of sulfone groups is 1. The highest BCUT2D eigenvalue weighted by Gasteiger charge is 2.35. The number of nitrogens with one attached hydrogen (secondary N) is 1. The predicted molar refractivity (Wildman–Crippen MR) is 118 cm³/mol. The molecule has 1 atom stereocenters. The first-order chi connectivity index (χ1) is 14.8. The number of halogens is 1. The average Bonchev–Trinajstić information content (AvgIpc) is 3.35. The summed E-state index contributed by atoms with van der Waals surface area (Å²) in [6.07, 6.45) is 0.0719. The number of nitrogens with zero attached hydrogens (tertiary/aromatic N) is 3. The minimum absolute atomic E-state index is 0.0719. The lowest BCUT2D eigenvalue weighted by Crippen LogP contribution is -2.28. The van der Waals surface area contributed by atoms with E-state index in [0.29, 0.717) is 10.7 Å². The van der Waals surface area contributed by atoms with E-state index in [0.717, 1.165) is 11.3 Å². The third kappa shape index (κ3) is 4.92. The van der Waals surface area contributed by atoms with Crippen LogP contribution in [0.25, 0.3) is 0 Å². The molecule has 0 spiro atoms. The maximum Gasteiger partial charge on any atom is 0.231 e. The standard InChI is InChI=1S/C20H17ClN4O4S2/c21-14-6-8-15(9-7-14)25-11-13(10-18(25)26)19(27)22-20-24-23-17(30-20)12-31(28,29)16-4-2-1-3-5-16/h1-9,13H,10-12H2,(H,22,24,27). The number of rotatable bonds is 6. The molecule has 8 nitrogen and oxygen atoms in total. The van der Waals surface area contributed by atoms with Crippen molar-refractivity contribution >= 4 is 55.4 Å². The monoisotopic (exact) mass is 476 g/mol. The van der Waals surface area contributed by atoms with Gasteiger partial charge in [-0.3, -0.25) is 9.59 Å². The average molecular weight is 477 g/mol. The van der Waals surface area contributed by atoms with Gasteiger partial charge in [0.05, 0.1) is 10.8 Å². The molecule has 1 aromatic heterocycles. The molecule has 11 heteroatoms. The SMILES string of the molecule is O=C(Nc1nnc(CS(=O)(=O)c2ccccc2)s1)C1CC(=O)N(c2ccc(Cl)cc2)C1. The number of anilines is 2. The second-order valence-corrected chi connectivity index (χ2v) is 10.4. The molecule has 1 unspecified atom stereocenters. The Labute approximate surface area is 187 Å². The maximum atomic E-state index is 12.6. The van der Waals surface area contributed by atoms with Gasteiger partial charge in [-0.2, -0.15) is 0 Å². The van der Waals surface area contributed by atoms with Gasteiger partial charge in [-0.25, -0.2) is 8.42 Å². The van der Waals surface area contributed by atoms with Gasteiger partial charge >= 0.3 is 0 Å².